The van der Waals surface area contributed by atoms with Crippen molar-refractivity contribution in [3.8, 4) is 11.5 Å². The number of ether oxygens (including phenoxy) is 3. The quantitative estimate of drug-likeness (QED) is 0.315. The van der Waals surface area contributed by atoms with Gasteiger partial charge in [0.25, 0.3) is 5.91 Å². The van der Waals surface area contributed by atoms with E-state index in [1.54, 1.807) is 31.2 Å². The molecule has 0 spiro atoms. The van der Waals surface area contributed by atoms with Gasteiger partial charge in [-0.1, -0.05) is 24.3 Å². The number of esters is 1. The van der Waals surface area contributed by atoms with Crippen LogP contribution >= 0.6 is 12.2 Å². The first-order valence-electron chi connectivity index (χ1n) is 10.9. The highest BCUT2D eigenvalue weighted by Crippen LogP contribution is 2.15. The lowest BCUT2D eigenvalue weighted by atomic mass is 10.1. The molecule has 1 atom stereocenters. The van der Waals surface area contributed by atoms with Crippen LogP contribution in [0.1, 0.15) is 23.7 Å². The van der Waals surface area contributed by atoms with Gasteiger partial charge in [-0.15, -0.1) is 0 Å². The van der Waals surface area contributed by atoms with E-state index in [9.17, 15) is 14.4 Å². The molecule has 34 heavy (non-hydrogen) atoms. The zero-order valence-corrected chi connectivity index (χ0v) is 19.6. The van der Waals surface area contributed by atoms with Crippen LogP contribution in [0.2, 0.25) is 0 Å². The summed E-state index contributed by atoms with van der Waals surface area (Å²) in [5, 5.41) is 5.41. The van der Waals surface area contributed by atoms with E-state index in [0.29, 0.717) is 37.6 Å². The Labute approximate surface area is 203 Å². The number of nitrogens with one attached hydrogen (secondary N) is 2. The van der Waals surface area contributed by atoms with Crippen LogP contribution in [0.15, 0.2) is 54.6 Å². The summed E-state index contributed by atoms with van der Waals surface area (Å²) in [5.41, 5.74) is 0.340. The maximum atomic E-state index is 12.8. The number of carbonyl (C=O) groups is 3. The monoisotopic (exact) mass is 485 g/mol. The van der Waals surface area contributed by atoms with E-state index < -0.39 is 17.9 Å². The highest BCUT2D eigenvalue weighted by Gasteiger charge is 2.34. The van der Waals surface area contributed by atoms with Crippen molar-refractivity contribution in [2.45, 2.75) is 19.4 Å². The summed E-state index contributed by atoms with van der Waals surface area (Å²) in [6.07, 6.45) is -0.163. The summed E-state index contributed by atoms with van der Waals surface area (Å²) in [4.78, 5) is 38.5. The van der Waals surface area contributed by atoms with Crippen molar-refractivity contribution in [1.29, 1.82) is 0 Å². The second kappa shape index (κ2) is 12.5. The third kappa shape index (κ3) is 7.17. The maximum absolute atomic E-state index is 12.8. The average Bonchev–Trinajstić information content (AvgIpc) is 2.84. The zero-order valence-electron chi connectivity index (χ0n) is 18.8. The van der Waals surface area contributed by atoms with Crippen LogP contribution in [0.3, 0.4) is 0 Å². The molecule has 1 heterocycles. The number of hydrogen-bond acceptors (Lipinski definition) is 7. The predicted octanol–water partition coefficient (Wildman–Crippen LogP) is 1.91. The van der Waals surface area contributed by atoms with Crippen LogP contribution in [-0.4, -0.2) is 66.7 Å². The van der Waals surface area contributed by atoms with Crippen molar-refractivity contribution in [2.24, 2.45) is 0 Å². The van der Waals surface area contributed by atoms with Gasteiger partial charge < -0.3 is 24.4 Å². The molecule has 1 aliphatic rings. The Balaban J connectivity index is 1.55. The fourth-order valence-corrected chi connectivity index (χ4v) is 3.65. The minimum Gasteiger partial charge on any atom is -0.490 e. The molecule has 10 heteroatoms. The average molecular weight is 486 g/mol. The molecule has 2 amide bonds. The molecule has 1 unspecified atom stereocenters. The van der Waals surface area contributed by atoms with Gasteiger partial charge in [0.05, 0.1) is 13.0 Å². The number of rotatable bonds is 9. The highest BCUT2D eigenvalue weighted by molar-refractivity contribution is 7.80. The Morgan fingerprint density at radius 3 is 2.53 bits per heavy atom. The molecule has 180 valence electrons. The Hall–Kier alpha value is -3.66. The van der Waals surface area contributed by atoms with Gasteiger partial charge in [0, 0.05) is 18.7 Å². The van der Waals surface area contributed by atoms with Gasteiger partial charge in [0.15, 0.2) is 5.11 Å². The molecular weight excluding hydrogens is 458 g/mol. The predicted molar refractivity (Wildman–Crippen MR) is 129 cm³/mol. The van der Waals surface area contributed by atoms with E-state index in [0.717, 1.165) is 5.75 Å². The summed E-state index contributed by atoms with van der Waals surface area (Å²) >= 11 is 5.38. The normalized spacial score (nSPS) is 15.1. The van der Waals surface area contributed by atoms with E-state index in [1.807, 2.05) is 30.3 Å². The number of thiocarbonyl (C=S) groups is 1. The highest BCUT2D eigenvalue weighted by atomic mass is 32.1. The molecule has 0 bridgehead atoms. The molecule has 2 aromatic rings. The summed E-state index contributed by atoms with van der Waals surface area (Å²) in [6.45, 7) is 3.27. The number of nitrogens with zero attached hydrogens (tertiary/aromatic N) is 1. The molecule has 2 aromatic carbocycles. The molecule has 2 N–H and O–H groups in total. The number of para-hydroxylation sites is 1. The van der Waals surface area contributed by atoms with Crippen molar-refractivity contribution in [3.05, 3.63) is 60.2 Å². The molecular formula is C24H27N3O6S. The second-order valence-electron chi connectivity index (χ2n) is 7.31. The summed E-state index contributed by atoms with van der Waals surface area (Å²) < 4.78 is 16.2. The SMILES string of the molecule is CCOC(=O)CC1C(=O)NCCN1C(=S)NC(=O)c1cccc(OCCOc2ccccc2)c1. The molecule has 1 saturated heterocycles. The Kier molecular flexibility index (Phi) is 9.21. The number of amides is 2. The molecule has 0 saturated carbocycles. The third-order valence-corrected chi connectivity index (χ3v) is 5.27. The standard InChI is InChI=1S/C24H27N3O6S/c1-2-31-21(28)16-20-23(30)25-11-12-27(20)24(34)26-22(29)17-7-6-10-19(15-17)33-14-13-32-18-8-4-3-5-9-18/h3-10,15,20H,2,11-14,16H2,1H3,(H,25,30)(H,26,29,34). The van der Waals surface area contributed by atoms with Crippen LogP contribution in [0.25, 0.3) is 0 Å². The lowest BCUT2D eigenvalue weighted by molar-refractivity contribution is -0.147. The topological polar surface area (TPSA) is 106 Å². The maximum Gasteiger partial charge on any atom is 0.308 e. The minimum absolute atomic E-state index is 0.0664. The Morgan fingerprint density at radius 2 is 1.79 bits per heavy atom. The van der Waals surface area contributed by atoms with Gasteiger partial charge in [0.1, 0.15) is 30.8 Å². The molecule has 0 aliphatic carbocycles. The van der Waals surface area contributed by atoms with Crippen molar-refractivity contribution < 1.29 is 28.6 Å². The van der Waals surface area contributed by atoms with E-state index in [4.69, 9.17) is 26.4 Å². The van der Waals surface area contributed by atoms with Gasteiger partial charge in [-0.25, -0.2) is 0 Å². The van der Waals surface area contributed by atoms with E-state index in [-0.39, 0.29) is 24.0 Å². The number of carbonyl (C=O) groups excluding carboxylic acids is 3. The van der Waals surface area contributed by atoms with Crippen LogP contribution in [0.4, 0.5) is 0 Å². The molecule has 0 aromatic heterocycles. The number of piperazine rings is 1. The fourth-order valence-electron chi connectivity index (χ4n) is 3.34. The fraction of sp³-hybridized carbons (Fsp3) is 0.333. The van der Waals surface area contributed by atoms with Crippen molar-refractivity contribution in [1.82, 2.24) is 15.5 Å². The summed E-state index contributed by atoms with van der Waals surface area (Å²) in [7, 11) is 0. The minimum atomic E-state index is -0.847. The lowest BCUT2D eigenvalue weighted by Crippen LogP contribution is -2.60. The van der Waals surface area contributed by atoms with Gasteiger partial charge >= 0.3 is 5.97 Å². The third-order valence-electron chi connectivity index (χ3n) is 4.94. The van der Waals surface area contributed by atoms with E-state index in [1.165, 1.54) is 4.90 Å². The van der Waals surface area contributed by atoms with Gasteiger partial charge in [-0.05, 0) is 49.5 Å². The summed E-state index contributed by atoms with van der Waals surface area (Å²) in [6, 6.07) is 15.2. The smallest absolute Gasteiger partial charge is 0.308 e. The first-order chi connectivity index (χ1) is 16.5. The van der Waals surface area contributed by atoms with Crippen LogP contribution in [0, 0.1) is 0 Å². The Morgan fingerprint density at radius 1 is 1.09 bits per heavy atom. The lowest BCUT2D eigenvalue weighted by Gasteiger charge is -2.36. The van der Waals surface area contributed by atoms with Crippen molar-refractivity contribution in [2.75, 3.05) is 32.9 Å². The van der Waals surface area contributed by atoms with Crippen molar-refractivity contribution in [3.63, 3.8) is 0 Å². The first-order valence-corrected chi connectivity index (χ1v) is 11.3. The Bertz CT molecular complexity index is 1020. The van der Waals surface area contributed by atoms with Gasteiger partial charge in [-0.2, -0.15) is 0 Å². The first kappa shape index (κ1) is 25.0. The van der Waals surface area contributed by atoms with Crippen LogP contribution in [0.5, 0.6) is 11.5 Å². The summed E-state index contributed by atoms with van der Waals surface area (Å²) in [5.74, 6) is -0.0428. The zero-order chi connectivity index (χ0) is 24.3. The second-order valence-corrected chi connectivity index (χ2v) is 7.69. The van der Waals surface area contributed by atoms with Gasteiger partial charge in [-0.3, -0.25) is 19.7 Å². The van der Waals surface area contributed by atoms with Gasteiger partial charge in [0.2, 0.25) is 5.91 Å². The molecule has 0 radical (unpaired) electrons. The van der Waals surface area contributed by atoms with Crippen molar-refractivity contribution >= 4 is 35.1 Å². The largest absolute Gasteiger partial charge is 0.490 e. The van der Waals surface area contributed by atoms with Crippen LogP contribution < -0.4 is 20.1 Å². The molecule has 1 aliphatic heterocycles. The number of hydrogen-bond donors (Lipinski definition) is 2. The molecule has 9 nitrogen and oxygen atoms in total. The van der Waals surface area contributed by atoms with Crippen LogP contribution in [-0.2, 0) is 14.3 Å². The van der Waals surface area contributed by atoms with E-state index >= 15 is 0 Å². The molecule has 3 rings (SSSR count). The number of benzene rings is 2. The van der Waals surface area contributed by atoms with E-state index in [2.05, 4.69) is 10.6 Å². The molecule has 1 fully saturated rings.